The fourth-order valence-corrected chi connectivity index (χ4v) is 0.546. The summed E-state index contributed by atoms with van der Waals surface area (Å²) in [6.07, 6.45) is -5.11. The van der Waals surface area contributed by atoms with Crippen molar-refractivity contribution >= 4 is 0 Å². The monoisotopic (exact) mass is 186 g/mol. The van der Waals surface area contributed by atoms with Crippen LogP contribution in [0.3, 0.4) is 0 Å². The van der Waals surface area contributed by atoms with E-state index in [1.54, 1.807) is 13.8 Å². The van der Waals surface area contributed by atoms with Crippen molar-refractivity contribution in [2.45, 2.75) is 32.7 Å². The van der Waals surface area contributed by atoms with Crippen LogP contribution in [-0.2, 0) is 4.74 Å². The molecule has 0 aromatic rings. The van der Waals surface area contributed by atoms with Gasteiger partial charge >= 0.3 is 6.18 Å². The van der Waals surface area contributed by atoms with Crippen LogP contribution >= 0.6 is 0 Å². The first kappa shape index (κ1) is 11.7. The number of ether oxygens (including phenoxy) is 1. The fourth-order valence-electron chi connectivity index (χ4n) is 0.546. The maximum atomic E-state index is 11.5. The van der Waals surface area contributed by atoms with Crippen molar-refractivity contribution < 1.29 is 23.0 Å². The fraction of sp³-hybridized carbons (Fsp3) is 1.00. The molecule has 12 heavy (non-hydrogen) atoms. The van der Waals surface area contributed by atoms with Gasteiger partial charge in [0, 0.05) is 5.92 Å². The molecule has 0 amide bonds. The molecule has 0 aliphatic carbocycles. The third kappa shape index (κ3) is 5.37. The van der Waals surface area contributed by atoms with Crippen LogP contribution in [-0.4, -0.2) is 24.2 Å². The number of halogens is 3. The van der Waals surface area contributed by atoms with E-state index in [1.165, 1.54) is 0 Å². The molecule has 2 atom stereocenters. The molecule has 0 aromatic heterocycles. The largest absolute Gasteiger partial charge is 0.411 e. The summed E-state index contributed by atoms with van der Waals surface area (Å²) >= 11 is 0. The smallest absolute Gasteiger partial charge is 0.368 e. The lowest BCUT2D eigenvalue weighted by Crippen LogP contribution is -2.27. The molecule has 0 aliphatic heterocycles. The predicted octanol–water partition coefficient (Wildman–Crippen LogP) is 1.93. The van der Waals surface area contributed by atoms with Crippen LogP contribution < -0.4 is 0 Å². The topological polar surface area (TPSA) is 29.5 Å². The van der Waals surface area contributed by atoms with Gasteiger partial charge in [-0.3, -0.25) is 0 Å². The molecule has 2 nitrogen and oxygen atoms in total. The van der Waals surface area contributed by atoms with E-state index in [0.717, 1.165) is 0 Å². The maximum Gasteiger partial charge on any atom is 0.411 e. The molecule has 0 aliphatic rings. The van der Waals surface area contributed by atoms with Gasteiger partial charge in [-0.25, -0.2) is 0 Å². The second-order valence-electron chi connectivity index (χ2n) is 2.70. The van der Waals surface area contributed by atoms with Crippen molar-refractivity contribution in [1.29, 1.82) is 0 Å². The number of hydrogen-bond donors (Lipinski definition) is 1. The van der Waals surface area contributed by atoms with Gasteiger partial charge in [0.25, 0.3) is 0 Å². The van der Waals surface area contributed by atoms with Crippen LogP contribution in [0.1, 0.15) is 20.3 Å². The normalized spacial score (nSPS) is 17.5. The van der Waals surface area contributed by atoms with Gasteiger partial charge in [-0.15, -0.1) is 0 Å². The summed E-state index contributed by atoms with van der Waals surface area (Å²) in [5.74, 6) is -0.271. The van der Waals surface area contributed by atoms with Crippen LogP contribution in [0.4, 0.5) is 13.2 Å². The standard InChI is InChI=1S/C7H13F3O2/c1-3-5(2)6(11)12-4-7(8,9)10/h5-6,11H,3-4H2,1-2H3. The zero-order chi connectivity index (χ0) is 9.78. The third-order valence-corrected chi connectivity index (χ3v) is 1.55. The average molecular weight is 186 g/mol. The molecular formula is C7H13F3O2. The van der Waals surface area contributed by atoms with Gasteiger partial charge in [-0.1, -0.05) is 13.8 Å². The molecule has 0 saturated heterocycles. The van der Waals surface area contributed by atoms with E-state index in [4.69, 9.17) is 5.11 Å². The van der Waals surface area contributed by atoms with Gasteiger partial charge in [-0.2, -0.15) is 13.2 Å². The first-order chi connectivity index (χ1) is 5.37. The van der Waals surface area contributed by atoms with Gasteiger partial charge in [-0.05, 0) is 6.42 Å². The van der Waals surface area contributed by atoms with Crippen LogP contribution in [0.5, 0.6) is 0 Å². The van der Waals surface area contributed by atoms with Crippen LogP contribution in [0.2, 0.25) is 0 Å². The Morgan fingerprint density at radius 1 is 1.42 bits per heavy atom. The van der Waals surface area contributed by atoms with E-state index >= 15 is 0 Å². The molecule has 0 fully saturated rings. The van der Waals surface area contributed by atoms with E-state index < -0.39 is 19.1 Å². The number of rotatable bonds is 4. The minimum Gasteiger partial charge on any atom is -0.368 e. The Morgan fingerprint density at radius 3 is 2.25 bits per heavy atom. The first-order valence-electron chi connectivity index (χ1n) is 3.73. The van der Waals surface area contributed by atoms with E-state index in [2.05, 4.69) is 4.74 Å². The zero-order valence-electron chi connectivity index (χ0n) is 7.06. The molecule has 5 heteroatoms. The maximum absolute atomic E-state index is 11.5. The Balaban J connectivity index is 3.64. The highest BCUT2D eigenvalue weighted by atomic mass is 19.4. The molecule has 74 valence electrons. The summed E-state index contributed by atoms with van der Waals surface area (Å²) < 4.78 is 38.8. The molecular weight excluding hydrogens is 173 g/mol. The van der Waals surface area contributed by atoms with Gasteiger partial charge in [0.1, 0.15) is 6.61 Å². The molecule has 2 unspecified atom stereocenters. The molecule has 0 bridgehead atoms. The van der Waals surface area contributed by atoms with E-state index in [9.17, 15) is 13.2 Å². The summed E-state index contributed by atoms with van der Waals surface area (Å²) in [6, 6.07) is 0. The van der Waals surface area contributed by atoms with Crippen molar-refractivity contribution in [2.24, 2.45) is 5.92 Å². The molecule has 1 N–H and O–H groups in total. The summed E-state index contributed by atoms with van der Waals surface area (Å²) in [7, 11) is 0. The number of hydrogen-bond acceptors (Lipinski definition) is 2. The Morgan fingerprint density at radius 2 is 1.92 bits per heavy atom. The highest BCUT2D eigenvalue weighted by Crippen LogP contribution is 2.17. The van der Waals surface area contributed by atoms with Gasteiger partial charge in [0.2, 0.25) is 0 Å². The number of aliphatic hydroxyl groups is 1. The summed E-state index contributed by atoms with van der Waals surface area (Å²) in [4.78, 5) is 0. The van der Waals surface area contributed by atoms with Crippen molar-refractivity contribution in [2.75, 3.05) is 6.61 Å². The van der Waals surface area contributed by atoms with E-state index in [-0.39, 0.29) is 5.92 Å². The van der Waals surface area contributed by atoms with Crippen LogP contribution in [0, 0.1) is 5.92 Å². The predicted molar refractivity (Wildman–Crippen MR) is 37.5 cm³/mol. The molecule has 0 heterocycles. The summed E-state index contributed by atoms with van der Waals surface area (Å²) in [5.41, 5.74) is 0. The van der Waals surface area contributed by atoms with Gasteiger partial charge < -0.3 is 9.84 Å². The number of alkyl halides is 3. The third-order valence-electron chi connectivity index (χ3n) is 1.55. The lowest BCUT2D eigenvalue weighted by molar-refractivity contribution is -0.227. The van der Waals surface area contributed by atoms with Gasteiger partial charge in [0.15, 0.2) is 6.29 Å². The molecule has 0 spiro atoms. The van der Waals surface area contributed by atoms with Crippen molar-refractivity contribution in [3.05, 3.63) is 0 Å². The molecule has 0 radical (unpaired) electrons. The second kappa shape index (κ2) is 4.67. The minimum atomic E-state index is -4.37. The SMILES string of the molecule is CCC(C)C(O)OCC(F)(F)F. The quantitative estimate of drug-likeness (QED) is 0.680. The Labute approximate surface area is 69.3 Å². The lowest BCUT2D eigenvalue weighted by Gasteiger charge is -2.18. The molecule has 0 aromatic carbocycles. The average Bonchev–Trinajstić information content (AvgIpc) is 1.97. The molecule has 0 saturated carbocycles. The van der Waals surface area contributed by atoms with Crippen LogP contribution in [0.15, 0.2) is 0 Å². The van der Waals surface area contributed by atoms with Crippen molar-refractivity contribution in [1.82, 2.24) is 0 Å². The zero-order valence-corrected chi connectivity index (χ0v) is 7.06. The Hall–Kier alpha value is -0.290. The minimum absolute atomic E-state index is 0.271. The summed E-state index contributed by atoms with van der Waals surface area (Å²) in [5, 5.41) is 8.96. The lowest BCUT2D eigenvalue weighted by atomic mass is 10.1. The van der Waals surface area contributed by atoms with E-state index in [0.29, 0.717) is 6.42 Å². The van der Waals surface area contributed by atoms with Crippen molar-refractivity contribution in [3.8, 4) is 0 Å². The Bertz CT molecular complexity index is 124. The highest BCUT2D eigenvalue weighted by molar-refractivity contribution is 4.54. The highest BCUT2D eigenvalue weighted by Gasteiger charge is 2.29. The Kier molecular flexibility index (Phi) is 4.55. The van der Waals surface area contributed by atoms with Crippen molar-refractivity contribution in [3.63, 3.8) is 0 Å². The molecule has 0 rings (SSSR count). The van der Waals surface area contributed by atoms with Crippen LogP contribution in [0.25, 0.3) is 0 Å². The van der Waals surface area contributed by atoms with E-state index in [1.807, 2.05) is 0 Å². The number of aliphatic hydroxyl groups excluding tert-OH is 1. The first-order valence-corrected chi connectivity index (χ1v) is 3.73. The van der Waals surface area contributed by atoms with Gasteiger partial charge in [0.05, 0.1) is 0 Å². The second-order valence-corrected chi connectivity index (χ2v) is 2.70. The summed E-state index contributed by atoms with van der Waals surface area (Å²) in [6.45, 7) is 2.00.